The lowest BCUT2D eigenvalue weighted by molar-refractivity contribution is 0.151. The van der Waals surface area contributed by atoms with Crippen molar-refractivity contribution in [3.63, 3.8) is 0 Å². The molecule has 1 aromatic carbocycles. The minimum atomic E-state index is -3.58. The number of hydrazine groups is 1. The van der Waals surface area contributed by atoms with Crippen molar-refractivity contribution in [2.45, 2.75) is 11.8 Å². The number of hydrogen-bond acceptors (Lipinski definition) is 4. The quantitative estimate of drug-likeness (QED) is 0.602. The maximum Gasteiger partial charge on any atom is 0.233 e. The van der Waals surface area contributed by atoms with Crippen molar-refractivity contribution in [1.29, 1.82) is 0 Å². The first-order valence-corrected chi connectivity index (χ1v) is 6.92. The molecule has 0 aromatic heterocycles. The summed E-state index contributed by atoms with van der Waals surface area (Å²) in [5.74, 6) is 0. The van der Waals surface area contributed by atoms with Gasteiger partial charge in [0.05, 0.1) is 4.90 Å². The molecular formula is C11H16N2O2S2. The monoisotopic (exact) mass is 272 g/mol. The predicted molar refractivity (Wildman–Crippen MR) is 72.4 cm³/mol. The van der Waals surface area contributed by atoms with E-state index < -0.39 is 9.84 Å². The molecule has 94 valence electrons. The van der Waals surface area contributed by atoms with E-state index in [1.54, 1.807) is 50.4 Å². The average molecular weight is 272 g/mol. The maximum absolute atomic E-state index is 12.2. The molecule has 0 atom stereocenters. The summed E-state index contributed by atoms with van der Waals surface area (Å²) in [6, 6.07) is 6.65. The summed E-state index contributed by atoms with van der Waals surface area (Å²) in [5.41, 5.74) is 1.01. The van der Waals surface area contributed by atoms with Crippen molar-refractivity contribution in [3.05, 3.63) is 29.8 Å². The molecule has 0 bridgehead atoms. The molecular weight excluding hydrogens is 256 g/mol. The van der Waals surface area contributed by atoms with Crippen LogP contribution in [0.4, 0.5) is 0 Å². The minimum absolute atomic E-state index is 0.105. The zero-order valence-corrected chi connectivity index (χ0v) is 12.0. The van der Waals surface area contributed by atoms with E-state index in [0.717, 1.165) is 5.56 Å². The Kier molecular flexibility index (Phi) is 4.24. The van der Waals surface area contributed by atoms with E-state index in [1.807, 2.05) is 6.92 Å². The van der Waals surface area contributed by atoms with E-state index in [2.05, 4.69) is 0 Å². The number of benzene rings is 1. The molecule has 0 amide bonds. The lowest BCUT2D eigenvalue weighted by Gasteiger charge is -2.26. The van der Waals surface area contributed by atoms with E-state index in [-0.39, 0.29) is 9.22 Å². The van der Waals surface area contributed by atoms with Gasteiger partial charge in [-0.15, -0.1) is 0 Å². The highest BCUT2D eigenvalue weighted by atomic mass is 32.2. The number of sulfone groups is 1. The fraction of sp³-hybridized carbons (Fsp3) is 0.364. The van der Waals surface area contributed by atoms with E-state index in [9.17, 15) is 8.42 Å². The summed E-state index contributed by atoms with van der Waals surface area (Å²) in [7, 11) is 1.50. The van der Waals surface area contributed by atoms with Gasteiger partial charge in [-0.05, 0) is 31.3 Å². The summed E-state index contributed by atoms with van der Waals surface area (Å²) < 4.78 is 24.3. The van der Waals surface area contributed by atoms with E-state index >= 15 is 0 Å². The lowest BCUT2D eigenvalue weighted by Crippen LogP contribution is -2.41. The van der Waals surface area contributed by atoms with Gasteiger partial charge in [-0.2, -0.15) is 0 Å². The van der Waals surface area contributed by atoms with Crippen molar-refractivity contribution in [1.82, 2.24) is 10.0 Å². The van der Waals surface area contributed by atoms with Crippen molar-refractivity contribution in [2.75, 3.05) is 21.1 Å². The zero-order valence-electron chi connectivity index (χ0n) is 10.3. The molecule has 0 unspecified atom stereocenters. The highest BCUT2D eigenvalue weighted by Gasteiger charge is 2.24. The van der Waals surface area contributed by atoms with Gasteiger partial charge in [-0.25, -0.2) is 13.4 Å². The first-order valence-electron chi connectivity index (χ1n) is 5.03. The van der Waals surface area contributed by atoms with Crippen LogP contribution in [0, 0.1) is 6.92 Å². The fourth-order valence-electron chi connectivity index (χ4n) is 1.16. The van der Waals surface area contributed by atoms with Gasteiger partial charge in [0.25, 0.3) is 0 Å². The van der Waals surface area contributed by atoms with Gasteiger partial charge in [0.2, 0.25) is 14.2 Å². The van der Waals surface area contributed by atoms with E-state index in [4.69, 9.17) is 12.2 Å². The van der Waals surface area contributed by atoms with Crippen molar-refractivity contribution in [3.8, 4) is 0 Å². The van der Waals surface area contributed by atoms with Crippen molar-refractivity contribution < 1.29 is 8.42 Å². The largest absolute Gasteiger partial charge is 0.290 e. The van der Waals surface area contributed by atoms with Crippen molar-refractivity contribution in [2.24, 2.45) is 0 Å². The van der Waals surface area contributed by atoms with Crippen LogP contribution in [-0.2, 0) is 9.84 Å². The number of nitrogens with zero attached hydrogens (tertiary/aromatic N) is 2. The molecule has 0 fully saturated rings. The standard InChI is InChI=1S/C11H16N2O2S2/c1-9-5-7-10(8-6-9)17(14,15)11(16)13(4)12(2)3/h5-8H,1-4H3. The average Bonchev–Trinajstić information content (AvgIpc) is 2.27. The van der Waals surface area contributed by atoms with E-state index in [1.165, 1.54) is 5.01 Å². The van der Waals surface area contributed by atoms with Gasteiger partial charge in [-0.1, -0.05) is 17.7 Å². The Bertz CT molecular complexity index is 507. The normalized spacial score (nSPS) is 11.6. The second-order valence-corrected chi connectivity index (χ2v) is 6.46. The zero-order chi connectivity index (χ0) is 13.2. The van der Waals surface area contributed by atoms with Gasteiger partial charge in [0.1, 0.15) is 0 Å². The van der Waals surface area contributed by atoms with Gasteiger partial charge in [-0.3, -0.25) is 5.01 Å². The lowest BCUT2D eigenvalue weighted by atomic mass is 10.2. The Morgan fingerprint density at radius 2 is 1.59 bits per heavy atom. The van der Waals surface area contributed by atoms with Crippen LogP contribution in [0.25, 0.3) is 0 Å². The third kappa shape index (κ3) is 3.02. The number of rotatable bonds is 2. The highest BCUT2D eigenvalue weighted by molar-refractivity contribution is 8.17. The van der Waals surface area contributed by atoms with Gasteiger partial charge in [0.15, 0.2) is 0 Å². The first kappa shape index (κ1) is 14.1. The van der Waals surface area contributed by atoms with Crippen LogP contribution in [0.5, 0.6) is 0 Å². The fourth-order valence-corrected chi connectivity index (χ4v) is 2.81. The van der Waals surface area contributed by atoms with Crippen LogP contribution in [0.3, 0.4) is 0 Å². The molecule has 17 heavy (non-hydrogen) atoms. The molecule has 0 aliphatic carbocycles. The first-order chi connectivity index (χ1) is 7.76. The molecule has 1 aromatic rings. The molecule has 0 spiro atoms. The molecule has 0 saturated heterocycles. The van der Waals surface area contributed by atoms with Crippen LogP contribution < -0.4 is 0 Å². The number of thiocarbonyl (C=S) groups is 1. The molecule has 0 saturated carbocycles. The Labute approximate surface area is 108 Å². The minimum Gasteiger partial charge on any atom is -0.290 e. The summed E-state index contributed by atoms with van der Waals surface area (Å²) in [6.07, 6.45) is 0. The van der Waals surface area contributed by atoms with Crippen LogP contribution >= 0.6 is 12.2 Å². The van der Waals surface area contributed by atoms with E-state index in [0.29, 0.717) is 0 Å². The summed E-state index contributed by atoms with van der Waals surface area (Å²) >= 11 is 5.00. The second-order valence-electron chi connectivity index (χ2n) is 3.95. The van der Waals surface area contributed by atoms with Crippen molar-refractivity contribution >= 4 is 26.4 Å². The summed E-state index contributed by atoms with van der Waals surface area (Å²) in [4.78, 5) is 0.224. The second kappa shape index (κ2) is 5.12. The molecule has 0 radical (unpaired) electrons. The topological polar surface area (TPSA) is 40.6 Å². The van der Waals surface area contributed by atoms with Crippen LogP contribution in [-0.4, -0.2) is 43.9 Å². The molecule has 0 aliphatic heterocycles. The molecule has 0 aliphatic rings. The number of hydrogen-bond donors (Lipinski definition) is 0. The summed E-state index contributed by atoms with van der Waals surface area (Å²) in [6.45, 7) is 1.90. The van der Waals surface area contributed by atoms with Gasteiger partial charge < -0.3 is 0 Å². The SMILES string of the molecule is Cc1ccc(S(=O)(=O)C(=S)N(C)N(C)C)cc1. The Balaban J connectivity index is 3.12. The third-order valence-corrected chi connectivity index (χ3v) is 4.96. The smallest absolute Gasteiger partial charge is 0.233 e. The molecule has 1 rings (SSSR count). The van der Waals surface area contributed by atoms with Gasteiger partial charge >= 0.3 is 0 Å². The molecule has 0 heterocycles. The summed E-state index contributed by atoms with van der Waals surface area (Å²) in [5, 5.41) is 3.04. The molecule has 6 heteroatoms. The highest BCUT2D eigenvalue weighted by Crippen LogP contribution is 2.15. The predicted octanol–water partition coefficient (Wildman–Crippen LogP) is 1.46. The Morgan fingerprint density at radius 1 is 1.12 bits per heavy atom. The Hall–Kier alpha value is -0.980. The van der Waals surface area contributed by atoms with Crippen LogP contribution in [0.15, 0.2) is 29.2 Å². The van der Waals surface area contributed by atoms with Crippen LogP contribution in [0.1, 0.15) is 5.56 Å². The maximum atomic E-state index is 12.2. The number of aryl methyl sites for hydroxylation is 1. The molecule has 4 nitrogen and oxygen atoms in total. The van der Waals surface area contributed by atoms with Crippen LogP contribution in [0.2, 0.25) is 0 Å². The molecule has 0 N–H and O–H groups in total. The van der Waals surface area contributed by atoms with Gasteiger partial charge in [0, 0.05) is 21.1 Å². The third-order valence-electron chi connectivity index (χ3n) is 2.43. The Morgan fingerprint density at radius 3 is 2.00 bits per heavy atom.